The zero-order valence-electron chi connectivity index (χ0n) is 23.6. The molecule has 1 atom stereocenters. The largest absolute Gasteiger partial charge is 0.494 e. The standard InChI is InChI=1S/C33H29F3N4O3/c1-3-43-26-16-14-25(15-17-26)40-31(42)27-8-4-5-9-28(27)38-32(40)39(2)29(19-23-7-6-18-37-21-23)30(41)20-22-10-12-24(13-11-22)33(34,35)36/h4-18,21,29H,3,19-20H2,1-2H3. The fourth-order valence-electron chi connectivity index (χ4n) is 4.93. The summed E-state index contributed by atoms with van der Waals surface area (Å²) in [6.07, 6.45) is -1.08. The highest BCUT2D eigenvalue weighted by Gasteiger charge is 2.31. The van der Waals surface area contributed by atoms with Gasteiger partial charge in [0.05, 0.1) is 34.8 Å². The molecule has 0 aliphatic rings. The number of rotatable bonds is 10. The van der Waals surface area contributed by atoms with E-state index in [2.05, 4.69) is 4.98 Å². The van der Waals surface area contributed by atoms with Crippen molar-refractivity contribution in [1.29, 1.82) is 0 Å². The molecule has 43 heavy (non-hydrogen) atoms. The molecule has 10 heteroatoms. The summed E-state index contributed by atoms with van der Waals surface area (Å²) in [4.78, 5) is 38.5. The Labute approximate surface area is 246 Å². The number of hydrogen-bond acceptors (Lipinski definition) is 6. The van der Waals surface area contributed by atoms with Crippen LogP contribution in [0.2, 0.25) is 0 Å². The molecule has 220 valence electrons. The minimum absolute atomic E-state index is 0.117. The first-order valence-electron chi connectivity index (χ1n) is 13.7. The average Bonchev–Trinajstić information content (AvgIpc) is 3.00. The van der Waals surface area contributed by atoms with Crippen LogP contribution in [0.5, 0.6) is 5.75 Å². The fraction of sp³-hybridized carbons (Fsp3) is 0.212. The summed E-state index contributed by atoms with van der Waals surface area (Å²) in [5.74, 6) is 0.624. The van der Waals surface area contributed by atoms with E-state index in [1.54, 1.807) is 78.9 Å². The van der Waals surface area contributed by atoms with Crippen molar-refractivity contribution in [2.45, 2.75) is 32.0 Å². The van der Waals surface area contributed by atoms with Gasteiger partial charge in [-0.05, 0) is 72.6 Å². The summed E-state index contributed by atoms with van der Waals surface area (Å²) in [6.45, 7) is 2.37. The number of carbonyl (C=O) groups excluding carboxylic acids is 1. The Morgan fingerprint density at radius 2 is 1.67 bits per heavy atom. The molecule has 0 spiro atoms. The number of hydrogen-bond donors (Lipinski definition) is 0. The molecule has 0 fully saturated rings. The van der Waals surface area contributed by atoms with Crippen molar-refractivity contribution < 1.29 is 22.7 Å². The van der Waals surface area contributed by atoms with Gasteiger partial charge in [-0.2, -0.15) is 13.2 Å². The molecule has 0 radical (unpaired) electrons. The SMILES string of the molecule is CCOc1ccc(-n2c(N(C)C(Cc3cccnc3)C(=O)Cc3ccc(C(F)(F)F)cc3)nc3ccccc3c2=O)cc1. The number of fused-ring (bicyclic) bond motifs is 1. The van der Waals surface area contributed by atoms with Gasteiger partial charge >= 0.3 is 6.18 Å². The number of Topliss-reactive ketones (excluding diaryl/α,β-unsaturated/α-hetero) is 1. The number of pyridine rings is 1. The minimum atomic E-state index is -4.47. The van der Waals surface area contributed by atoms with Crippen LogP contribution >= 0.6 is 0 Å². The second-order valence-electron chi connectivity index (χ2n) is 10.0. The molecule has 0 saturated heterocycles. The Hall–Kier alpha value is -4.99. The number of aromatic nitrogens is 3. The van der Waals surface area contributed by atoms with E-state index in [0.29, 0.717) is 34.5 Å². The van der Waals surface area contributed by atoms with Crippen molar-refractivity contribution in [3.05, 3.63) is 124 Å². The van der Waals surface area contributed by atoms with Crippen molar-refractivity contribution in [2.75, 3.05) is 18.6 Å². The van der Waals surface area contributed by atoms with Gasteiger partial charge in [-0.1, -0.05) is 30.3 Å². The lowest BCUT2D eigenvalue weighted by molar-refractivity contribution is -0.137. The van der Waals surface area contributed by atoms with Gasteiger partial charge in [-0.25, -0.2) is 9.55 Å². The summed E-state index contributed by atoms with van der Waals surface area (Å²) < 4.78 is 46.3. The van der Waals surface area contributed by atoms with Gasteiger partial charge in [-0.3, -0.25) is 14.6 Å². The fourth-order valence-corrected chi connectivity index (χ4v) is 4.93. The maximum absolute atomic E-state index is 13.9. The molecule has 2 heterocycles. The topological polar surface area (TPSA) is 77.3 Å². The number of halogens is 3. The summed E-state index contributed by atoms with van der Waals surface area (Å²) in [5.41, 5.74) is 1.11. The minimum Gasteiger partial charge on any atom is -0.494 e. The van der Waals surface area contributed by atoms with Crippen LogP contribution in [0.3, 0.4) is 0 Å². The highest BCUT2D eigenvalue weighted by Crippen LogP contribution is 2.29. The molecule has 1 unspecified atom stereocenters. The molecule has 0 aliphatic heterocycles. The average molecular weight is 587 g/mol. The lowest BCUT2D eigenvalue weighted by Crippen LogP contribution is -2.44. The normalized spacial score (nSPS) is 12.2. The van der Waals surface area contributed by atoms with Crippen molar-refractivity contribution >= 4 is 22.6 Å². The van der Waals surface area contributed by atoms with Gasteiger partial charge in [0.2, 0.25) is 5.95 Å². The third-order valence-corrected chi connectivity index (χ3v) is 7.13. The molecule has 3 aromatic carbocycles. The van der Waals surface area contributed by atoms with E-state index in [-0.39, 0.29) is 30.1 Å². The van der Waals surface area contributed by atoms with E-state index in [1.165, 1.54) is 16.7 Å². The Balaban J connectivity index is 1.59. The van der Waals surface area contributed by atoms with E-state index in [9.17, 15) is 22.8 Å². The lowest BCUT2D eigenvalue weighted by Gasteiger charge is -2.30. The predicted molar refractivity (Wildman–Crippen MR) is 159 cm³/mol. The van der Waals surface area contributed by atoms with Crippen LogP contribution in [0.1, 0.15) is 23.6 Å². The van der Waals surface area contributed by atoms with Crippen molar-refractivity contribution in [2.24, 2.45) is 0 Å². The first-order valence-corrected chi connectivity index (χ1v) is 13.7. The smallest absolute Gasteiger partial charge is 0.416 e. The van der Waals surface area contributed by atoms with Crippen LogP contribution in [0, 0.1) is 0 Å². The zero-order valence-corrected chi connectivity index (χ0v) is 23.6. The molecule has 0 bridgehead atoms. The van der Waals surface area contributed by atoms with E-state index in [1.807, 2.05) is 13.0 Å². The van der Waals surface area contributed by atoms with Gasteiger partial charge in [0, 0.05) is 32.3 Å². The van der Waals surface area contributed by atoms with Crippen LogP contribution in [-0.4, -0.2) is 40.0 Å². The Bertz CT molecular complexity index is 1770. The van der Waals surface area contributed by atoms with Gasteiger partial charge < -0.3 is 9.64 Å². The quantitative estimate of drug-likeness (QED) is 0.198. The summed E-state index contributed by atoms with van der Waals surface area (Å²) in [5, 5.41) is 0.411. The summed E-state index contributed by atoms with van der Waals surface area (Å²) in [6, 6.07) is 21.3. The first kappa shape index (κ1) is 29.5. The van der Waals surface area contributed by atoms with Gasteiger partial charge in [0.15, 0.2) is 5.78 Å². The molecule has 5 rings (SSSR count). The number of para-hydroxylation sites is 1. The number of benzene rings is 3. The van der Waals surface area contributed by atoms with E-state index in [4.69, 9.17) is 9.72 Å². The number of ketones is 1. The number of nitrogens with zero attached hydrogens (tertiary/aromatic N) is 4. The molecule has 0 N–H and O–H groups in total. The maximum Gasteiger partial charge on any atom is 0.416 e. The Morgan fingerprint density at radius 3 is 2.33 bits per heavy atom. The van der Waals surface area contributed by atoms with Gasteiger partial charge in [0.1, 0.15) is 5.75 Å². The highest BCUT2D eigenvalue weighted by molar-refractivity contribution is 5.89. The van der Waals surface area contributed by atoms with Crippen molar-refractivity contribution in [1.82, 2.24) is 14.5 Å². The van der Waals surface area contributed by atoms with Crippen molar-refractivity contribution in [3.63, 3.8) is 0 Å². The van der Waals surface area contributed by atoms with Crippen LogP contribution < -0.4 is 15.2 Å². The summed E-state index contributed by atoms with van der Waals surface area (Å²) >= 11 is 0. The number of anilines is 1. The van der Waals surface area contributed by atoms with E-state index >= 15 is 0 Å². The summed E-state index contributed by atoms with van der Waals surface area (Å²) in [7, 11) is 1.69. The third kappa shape index (κ3) is 6.58. The second kappa shape index (κ2) is 12.5. The molecule has 7 nitrogen and oxygen atoms in total. The molecule has 0 aliphatic carbocycles. The van der Waals surface area contributed by atoms with Gasteiger partial charge in [0.25, 0.3) is 5.56 Å². The Morgan fingerprint density at radius 1 is 0.953 bits per heavy atom. The van der Waals surface area contributed by atoms with Crippen molar-refractivity contribution in [3.8, 4) is 11.4 Å². The number of alkyl halides is 3. The molecular weight excluding hydrogens is 557 g/mol. The van der Waals surface area contributed by atoms with Crippen LogP contribution in [0.15, 0.2) is 102 Å². The van der Waals surface area contributed by atoms with Crippen LogP contribution in [0.25, 0.3) is 16.6 Å². The van der Waals surface area contributed by atoms with Gasteiger partial charge in [-0.15, -0.1) is 0 Å². The van der Waals surface area contributed by atoms with E-state index in [0.717, 1.165) is 17.7 Å². The third-order valence-electron chi connectivity index (χ3n) is 7.13. The molecule has 0 saturated carbocycles. The second-order valence-corrected chi connectivity index (χ2v) is 10.0. The molecule has 2 aromatic heterocycles. The Kier molecular flexibility index (Phi) is 8.56. The highest BCUT2D eigenvalue weighted by atomic mass is 19.4. The van der Waals surface area contributed by atoms with E-state index < -0.39 is 17.8 Å². The lowest BCUT2D eigenvalue weighted by atomic mass is 9.97. The zero-order chi connectivity index (χ0) is 30.6. The predicted octanol–water partition coefficient (Wildman–Crippen LogP) is 6.06. The maximum atomic E-state index is 13.9. The monoisotopic (exact) mass is 586 g/mol. The number of likely N-dealkylation sites (N-methyl/N-ethyl adjacent to an activating group) is 1. The molecule has 5 aromatic rings. The molecule has 0 amide bonds. The first-order chi connectivity index (χ1) is 20.7. The van der Waals surface area contributed by atoms with Crippen LogP contribution in [0.4, 0.5) is 19.1 Å². The van der Waals surface area contributed by atoms with Crippen LogP contribution in [-0.2, 0) is 23.8 Å². The number of carbonyl (C=O) groups is 1. The molecular formula is C33H29F3N4O3. The number of ether oxygens (including phenoxy) is 1.